The zero-order chi connectivity index (χ0) is 23.4. The summed E-state index contributed by atoms with van der Waals surface area (Å²) < 4.78 is 34.8. The Kier molecular flexibility index (Phi) is 7.21. The van der Waals surface area contributed by atoms with Gasteiger partial charge in [-0.25, -0.2) is 8.42 Å². The standard InChI is InChI=1S/C24H32N4O4S/c1-17-5-7-21(14-18(17)2)33(30,31)27-22-15-19(24(29)26-16-20-4-3-13-32-20)6-8-23(22)28-11-9-25-10-12-28/h5-8,14-15,20,25,27H,3-4,9-13,16H2,1-2H3,(H,26,29). The van der Waals surface area contributed by atoms with Gasteiger partial charge in [0.1, 0.15) is 0 Å². The molecule has 2 heterocycles. The lowest BCUT2D eigenvalue weighted by molar-refractivity contribution is 0.0858. The monoisotopic (exact) mass is 472 g/mol. The molecule has 0 bridgehead atoms. The largest absolute Gasteiger partial charge is 0.376 e. The minimum absolute atomic E-state index is 0.0387. The molecule has 2 saturated heterocycles. The SMILES string of the molecule is Cc1ccc(S(=O)(=O)Nc2cc(C(=O)NCC3CCCO3)ccc2N2CCNCC2)cc1C. The maximum Gasteiger partial charge on any atom is 0.261 e. The van der Waals surface area contributed by atoms with E-state index >= 15 is 0 Å². The maximum atomic E-state index is 13.2. The second kappa shape index (κ2) is 10.1. The van der Waals surface area contributed by atoms with Crippen LogP contribution in [0.25, 0.3) is 0 Å². The Morgan fingerprint density at radius 3 is 2.61 bits per heavy atom. The minimum Gasteiger partial charge on any atom is -0.376 e. The summed E-state index contributed by atoms with van der Waals surface area (Å²) in [6.07, 6.45) is 1.98. The summed E-state index contributed by atoms with van der Waals surface area (Å²) in [7, 11) is -3.83. The van der Waals surface area contributed by atoms with Crippen molar-refractivity contribution in [2.75, 3.05) is 49.0 Å². The van der Waals surface area contributed by atoms with Crippen molar-refractivity contribution in [2.45, 2.75) is 37.7 Å². The number of benzene rings is 2. The number of aryl methyl sites for hydroxylation is 2. The number of piperazine rings is 1. The molecule has 2 aromatic rings. The van der Waals surface area contributed by atoms with Crippen LogP contribution in [0.4, 0.5) is 11.4 Å². The predicted molar refractivity (Wildman–Crippen MR) is 130 cm³/mol. The maximum absolute atomic E-state index is 13.2. The van der Waals surface area contributed by atoms with Gasteiger partial charge in [-0.2, -0.15) is 0 Å². The fourth-order valence-electron chi connectivity index (χ4n) is 4.14. The molecule has 2 aliphatic rings. The summed E-state index contributed by atoms with van der Waals surface area (Å²) in [5, 5.41) is 6.22. The van der Waals surface area contributed by atoms with E-state index in [-0.39, 0.29) is 16.9 Å². The van der Waals surface area contributed by atoms with Gasteiger partial charge in [0.15, 0.2) is 0 Å². The first-order chi connectivity index (χ1) is 15.8. The van der Waals surface area contributed by atoms with Gasteiger partial charge < -0.3 is 20.3 Å². The molecule has 2 aliphatic heterocycles. The van der Waals surface area contributed by atoms with Gasteiger partial charge in [0.05, 0.1) is 22.4 Å². The number of carbonyl (C=O) groups excluding carboxylic acids is 1. The van der Waals surface area contributed by atoms with E-state index in [2.05, 4.69) is 20.3 Å². The second-order valence-corrected chi connectivity index (χ2v) is 10.3. The number of nitrogens with one attached hydrogen (secondary N) is 3. The van der Waals surface area contributed by atoms with Crippen molar-refractivity contribution in [1.82, 2.24) is 10.6 Å². The van der Waals surface area contributed by atoms with Crippen LogP contribution in [0.1, 0.15) is 34.3 Å². The third kappa shape index (κ3) is 5.66. The molecule has 0 aromatic heterocycles. The number of anilines is 2. The molecule has 2 fully saturated rings. The highest BCUT2D eigenvalue weighted by atomic mass is 32.2. The molecule has 0 aliphatic carbocycles. The fraction of sp³-hybridized carbons (Fsp3) is 0.458. The van der Waals surface area contributed by atoms with E-state index < -0.39 is 10.0 Å². The van der Waals surface area contributed by atoms with Crippen LogP contribution in [0.5, 0.6) is 0 Å². The molecule has 33 heavy (non-hydrogen) atoms. The minimum atomic E-state index is -3.83. The Balaban J connectivity index is 1.61. The van der Waals surface area contributed by atoms with Crippen molar-refractivity contribution in [2.24, 2.45) is 0 Å². The summed E-state index contributed by atoms with van der Waals surface area (Å²) in [5.41, 5.74) is 3.51. The number of carbonyl (C=O) groups is 1. The van der Waals surface area contributed by atoms with Crippen LogP contribution in [-0.4, -0.2) is 59.8 Å². The molecule has 178 valence electrons. The molecule has 1 amide bonds. The quantitative estimate of drug-likeness (QED) is 0.572. The molecule has 2 aromatic carbocycles. The zero-order valence-corrected chi connectivity index (χ0v) is 20.0. The topological polar surface area (TPSA) is 99.8 Å². The van der Waals surface area contributed by atoms with E-state index in [0.717, 1.165) is 62.4 Å². The fourth-order valence-corrected chi connectivity index (χ4v) is 5.29. The zero-order valence-electron chi connectivity index (χ0n) is 19.2. The van der Waals surface area contributed by atoms with E-state index in [1.807, 2.05) is 19.9 Å². The number of rotatable bonds is 7. The van der Waals surface area contributed by atoms with Gasteiger partial charge in [-0.15, -0.1) is 0 Å². The van der Waals surface area contributed by atoms with Gasteiger partial charge in [0.25, 0.3) is 15.9 Å². The van der Waals surface area contributed by atoms with Crippen LogP contribution in [0.15, 0.2) is 41.3 Å². The molecule has 1 atom stereocenters. The van der Waals surface area contributed by atoms with Gasteiger partial charge in [0.2, 0.25) is 0 Å². The molecule has 8 nitrogen and oxygen atoms in total. The van der Waals surface area contributed by atoms with E-state index in [1.54, 1.807) is 30.3 Å². The third-order valence-corrected chi connectivity index (χ3v) is 7.63. The number of hydrogen-bond acceptors (Lipinski definition) is 6. The van der Waals surface area contributed by atoms with Gasteiger partial charge in [0, 0.05) is 44.9 Å². The smallest absolute Gasteiger partial charge is 0.261 e. The first-order valence-corrected chi connectivity index (χ1v) is 12.9. The van der Waals surface area contributed by atoms with E-state index in [0.29, 0.717) is 17.8 Å². The average molecular weight is 473 g/mol. The molecule has 9 heteroatoms. The first-order valence-electron chi connectivity index (χ1n) is 11.4. The lowest BCUT2D eigenvalue weighted by Gasteiger charge is -2.31. The Morgan fingerprint density at radius 1 is 1.12 bits per heavy atom. The van der Waals surface area contributed by atoms with Crippen LogP contribution < -0.4 is 20.3 Å². The van der Waals surface area contributed by atoms with E-state index in [9.17, 15) is 13.2 Å². The Morgan fingerprint density at radius 2 is 1.91 bits per heavy atom. The van der Waals surface area contributed by atoms with Crippen LogP contribution >= 0.6 is 0 Å². The van der Waals surface area contributed by atoms with E-state index in [1.165, 1.54) is 0 Å². The lowest BCUT2D eigenvalue weighted by Crippen LogP contribution is -2.43. The first kappa shape index (κ1) is 23.5. The molecule has 3 N–H and O–H groups in total. The van der Waals surface area contributed by atoms with Gasteiger partial charge in [-0.05, 0) is 68.1 Å². The summed E-state index contributed by atoms with van der Waals surface area (Å²) in [4.78, 5) is 15.1. The Bertz CT molecular complexity index is 1110. The van der Waals surface area contributed by atoms with Gasteiger partial charge >= 0.3 is 0 Å². The van der Waals surface area contributed by atoms with Crippen molar-refractivity contribution in [3.05, 3.63) is 53.1 Å². The normalized spacial score (nSPS) is 18.8. The van der Waals surface area contributed by atoms with Gasteiger partial charge in [-0.1, -0.05) is 6.07 Å². The van der Waals surface area contributed by atoms with Crippen LogP contribution in [0, 0.1) is 13.8 Å². The van der Waals surface area contributed by atoms with Crippen LogP contribution in [0.2, 0.25) is 0 Å². The molecule has 4 rings (SSSR count). The number of nitrogens with zero attached hydrogens (tertiary/aromatic N) is 1. The molecular weight excluding hydrogens is 440 g/mol. The highest BCUT2D eigenvalue weighted by Crippen LogP contribution is 2.30. The number of ether oxygens (including phenoxy) is 1. The lowest BCUT2D eigenvalue weighted by atomic mass is 10.1. The summed E-state index contributed by atoms with van der Waals surface area (Å²) in [6.45, 7) is 8.14. The van der Waals surface area contributed by atoms with Crippen molar-refractivity contribution in [3.8, 4) is 0 Å². The van der Waals surface area contributed by atoms with Crippen molar-refractivity contribution in [1.29, 1.82) is 0 Å². The predicted octanol–water partition coefficient (Wildman–Crippen LogP) is 2.42. The van der Waals surface area contributed by atoms with Crippen molar-refractivity contribution in [3.63, 3.8) is 0 Å². The molecular formula is C24H32N4O4S. The number of sulfonamides is 1. The van der Waals surface area contributed by atoms with E-state index in [4.69, 9.17) is 4.74 Å². The third-order valence-electron chi connectivity index (χ3n) is 6.26. The van der Waals surface area contributed by atoms with Crippen molar-refractivity contribution >= 4 is 27.3 Å². The number of hydrogen-bond donors (Lipinski definition) is 3. The van der Waals surface area contributed by atoms with Crippen LogP contribution in [0.3, 0.4) is 0 Å². The molecule has 1 unspecified atom stereocenters. The highest BCUT2D eigenvalue weighted by Gasteiger charge is 2.22. The summed E-state index contributed by atoms with van der Waals surface area (Å²) >= 11 is 0. The number of amides is 1. The summed E-state index contributed by atoms with van der Waals surface area (Å²) in [5.74, 6) is -0.246. The Labute approximate surface area is 195 Å². The van der Waals surface area contributed by atoms with Crippen LogP contribution in [-0.2, 0) is 14.8 Å². The summed E-state index contributed by atoms with van der Waals surface area (Å²) in [6, 6.07) is 10.3. The molecule has 0 saturated carbocycles. The Hall–Kier alpha value is -2.62. The molecule has 0 radical (unpaired) electrons. The average Bonchev–Trinajstić information content (AvgIpc) is 3.33. The second-order valence-electron chi connectivity index (χ2n) is 8.67. The van der Waals surface area contributed by atoms with Gasteiger partial charge in [-0.3, -0.25) is 9.52 Å². The van der Waals surface area contributed by atoms with Crippen molar-refractivity contribution < 1.29 is 17.9 Å². The highest BCUT2D eigenvalue weighted by molar-refractivity contribution is 7.92. The molecule has 0 spiro atoms.